The second-order valence-electron chi connectivity index (χ2n) is 7.68. The lowest BCUT2D eigenvalue weighted by molar-refractivity contribution is -0.141. The summed E-state index contributed by atoms with van der Waals surface area (Å²) in [6.07, 6.45) is 1.23. The Morgan fingerprint density at radius 3 is 1.94 bits per heavy atom. The summed E-state index contributed by atoms with van der Waals surface area (Å²) in [5.41, 5.74) is 1.65. The number of methoxy groups -OCH3 is 1. The van der Waals surface area contributed by atoms with E-state index in [1.165, 1.54) is 7.11 Å². The van der Waals surface area contributed by atoms with Crippen molar-refractivity contribution in [1.29, 1.82) is 0 Å². The topological polar surface area (TPSA) is 82.1 Å². The molecule has 1 N–H and O–H groups in total. The highest BCUT2D eigenvalue weighted by molar-refractivity contribution is 5.74. The molecule has 0 amide bonds. The summed E-state index contributed by atoms with van der Waals surface area (Å²) in [7, 11) is 1.39. The third-order valence-electron chi connectivity index (χ3n) is 5.25. The molecule has 6 nitrogen and oxygen atoms in total. The Morgan fingerprint density at radius 1 is 1.00 bits per heavy atom. The van der Waals surface area contributed by atoms with Gasteiger partial charge in [-0.05, 0) is 62.6 Å². The van der Waals surface area contributed by atoms with Crippen molar-refractivity contribution in [3.8, 4) is 11.5 Å². The van der Waals surface area contributed by atoms with E-state index in [1.807, 2.05) is 57.2 Å². The fraction of sp³-hybridized carbons (Fsp3) is 0.462. The number of carbonyl (C=O) groups excluding carboxylic acids is 2. The van der Waals surface area contributed by atoms with Crippen molar-refractivity contribution in [2.24, 2.45) is 0 Å². The summed E-state index contributed by atoms with van der Waals surface area (Å²) in [5.74, 6) is 0.943. The van der Waals surface area contributed by atoms with Gasteiger partial charge in [-0.15, -0.1) is 0 Å². The highest BCUT2D eigenvalue weighted by Crippen LogP contribution is 2.38. The summed E-state index contributed by atoms with van der Waals surface area (Å²) in [4.78, 5) is 21.5. The highest BCUT2D eigenvalue weighted by Gasteiger charge is 2.30. The summed E-state index contributed by atoms with van der Waals surface area (Å²) in [6.45, 7) is 9.89. The summed E-state index contributed by atoms with van der Waals surface area (Å²) in [6, 6.07) is 14.9. The van der Waals surface area contributed by atoms with Crippen LogP contribution in [0.1, 0.15) is 65.0 Å². The van der Waals surface area contributed by atoms with Gasteiger partial charge in [-0.2, -0.15) is 0 Å². The minimum atomic E-state index is -0.411. The minimum Gasteiger partial charge on any atom is -0.508 e. The van der Waals surface area contributed by atoms with Gasteiger partial charge in [0.2, 0.25) is 0 Å². The molecular formula is C26H36O6. The molecule has 0 heterocycles. The Hall–Kier alpha value is -2.86. The first-order valence-electron chi connectivity index (χ1n) is 10.9. The van der Waals surface area contributed by atoms with Crippen LogP contribution in [0.25, 0.3) is 0 Å². The van der Waals surface area contributed by atoms with Gasteiger partial charge < -0.3 is 24.1 Å². The SMILES string of the molecule is CCC(C)=O.CCOC(C)Oc1ccc(C(C)(CCC(=O)OC)c2ccc(O)cc2)cc1. The second kappa shape index (κ2) is 13.5. The highest BCUT2D eigenvalue weighted by atomic mass is 16.7. The number of esters is 1. The van der Waals surface area contributed by atoms with Crippen molar-refractivity contribution in [3.05, 3.63) is 59.7 Å². The van der Waals surface area contributed by atoms with E-state index in [2.05, 4.69) is 6.92 Å². The van der Waals surface area contributed by atoms with Crippen LogP contribution >= 0.6 is 0 Å². The molecule has 0 aliphatic rings. The van der Waals surface area contributed by atoms with E-state index in [0.29, 0.717) is 25.9 Å². The van der Waals surface area contributed by atoms with Crippen molar-refractivity contribution < 1.29 is 28.9 Å². The molecule has 2 aromatic rings. The Bertz CT molecular complexity index is 828. The van der Waals surface area contributed by atoms with Crippen molar-refractivity contribution in [1.82, 2.24) is 0 Å². The van der Waals surface area contributed by atoms with Gasteiger partial charge in [-0.3, -0.25) is 4.79 Å². The average molecular weight is 445 g/mol. The van der Waals surface area contributed by atoms with Gasteiger partial charge in [0.1, 0.15) is 17.3 Å². The van der Waals surface area contributed by atoms with Gasteiger partial charge in [0.15, 0.2) is 6.29 Å². The maximum atomic E-state index is 11.7. The zero-order valence-electron chi connectivity index (χ0n) is 20.0. The standard InChI is InChI=1S/C22H28O5.C4H8O/c1-5-26-16(2)27-20-12-8-18(9-13-20)22(3,15-14-21(24)25-4)17-6-10-19(23)11-7-17;1-3-4(2)5/h6-13,16,23H,5,14-15H2,1-4H3;3H2,1-2H3. The lowest BCUT2D eigenvalue weighted by Crippen LogP contribution is -2.25. The molecule has 32 heavy (non-hydrogen) atoms. The molecule has 0 aliphatic heterocycles. The normalized spacial score (nSPS) is 13.2. The molecule has 2 aromatic carbocycles. The van der Waals surface area contributed by atoms with E-state index < -0.39 is 5.41 Å². The lowest BCUT2D eigenvalue weighted by atomic mass is 9.73. The molecule has 0 fully saturated rings. The molecule has 176 valence electrons. The van der Waals surface area contributed by atoms with Crippen molar-refractivity contribution in [2.45, 2.75) is 65.6 Å². The van der Waals surface area contributed by atoms with Gasteiger partial charge in [0, 0.05) is 24.9 Å². The number of hydrogen-bond donors (Lipinski definition) is 1. The predicted molar refractivity (Wildman–Crippen MR) is 125 cm³/mol. The predicted octanol–water partition coefficient (Wildman–Crippen LogP) is 5.40. The second-order valence-corrected chi connectivity index (χ2v) is 7.68. The van der Waals surface area contributed by atoms with Crippen molar-refractivity contribution in [3.63, 3.8) is 0 Å². The zero-order chi connectivity index (χ0) is 24.1. The van der Waals surface area contributed by atoms with Gasteiger partial charge in [0.25, 0.3) is 0 Å². The maximum absolute atomic E-state index is 11.7. The molecule has 2 unspecified atom stereocenters. The molecule has 0 spiro atoms. The first-order chi connectivity index (χ1) is 15.2. The number of ether oxygens (including phenoxy) is 3. The summed E-state index contributed by atoms with van der Waals surface area (Å²) >= 11 is 0. The van der Waals surface area contributed by atoms with Gasteiger partial charge >= 0.3 is 5.97 Å². The Balaban J connectivity index is 0.000000920. The number of hydrogen-bond acceptors (Lipinski definition) is 6. The molecule has 2 atom stereocenters. The largest absolute Gasteiger partial charge is 0.508 e. The third-order valence-corrected chi connectivity index (χ3v) is 5.25. The molecule has 0 saturated carbocycles. The van der Waals surface area contributed by atoms with Crippen LogP contribution in [0.15, 0.2) is 48.5 Å². The number of ketones is 1. The smallest absolute Gasteiger partial charge is 0.305 e. The number of phenols is 1. The molecule has 0 aliphatic carbocycles. The van der Waals surface area contributed by atoms with Gasteiger partial charge in [0.05, 0.1) is 7.11 Å². The van der Waals surface area contributed by atoms with Crippen LogP contribution in [-0.2, 0) is 24.5 Å². The Morgan fingerprint density at radius 2 is 1.50 bits per heavy atom. The Labute approximate surface area is 191 Å². The number of rotatable bonds is 10. The molecule has 2 rings (SSSR count). The van der Waals surface area contributed by atoms with Crippen molar-refractivity contribution >= 4 is 11.8 Å². The lowest BCUT2D eigenvalue weighted by Gasteiger charge is -2.31. The number of carbonyl (C=O) groups is 2. The summed E-state index contributed by atoms with van der Waals surface area (Å²) < 4.78 is 15.9. The van der Waals surface area contributed by atoms with E-state index in [9.17, 15) is 14.7 Å². The minimum absolute atomic E-state index is 0.211. The zero-order valence-corrected chi connectivity index (χ0v) is 20.0. The molecule has 0 aromatic heterocycles. The van der Waals surface area contributed by atoms with E-state index in [4.69, 9.17) is 14.2 Å². The third kappa shape index (κ3) is 8.71. The van der Waals surface area contributed by atoms with Crippen LogP contribution < -0.4 is 4.74 Å². The molecule has 0 saturated heterocycles. The van der Waals surface area contributed by atoms with Crippen LogP contribution in [0.4, 0.5) is 0 Å². The fourth-order valence-electron chi connectivity index (χ4n) is 3.10. The molecule has 6 heteroatoms. The van der Waals surface area contributed by atoms with E-state index in [1.54, 1.807) is 19.1 Å². The van der Waals surface area contributed by atoms with Crippen LogP contribution in [0.3, 0.4) is 0 Å². The first-order valence-corrected chi connectivity index (χ1v) is 10.9. The van der Waals surface area contributed by atoms with Crippen LogP contribution in [0.5, 0.6) is 11.5 Å². The molecule has 0 bridgehead atoms. The fourth-order valence-corrected chi connectivity index (χ4v) is 3.10. The average Bonchev–Trinajstić information content (AvgIpc) is 2.78. The quantitative estimate of drug-likeness (QED) is 0.390. The maximum Gasteiger partial charge on any atom is 0.305 e. The van der Waals surface area contributed by atoms with Crippen LogP contribution in [-0.4, -0.2) is 36.9 Å². The molecular weight excluding hydrogens is 408 g/mol. The number of aromatic hydroxyl groups is 1. The van der Waals surface area contributed by atoms with Crippen LogP contribution in [0, 0.1) is 0 Å². The van der Waals surface area contributed by atoms with E-state index in [-0.39, 0.29) is 23.8 Å². The number of Topliss-reactive ketones (excluding diaryl/α,β-unsaturated/α-hetero) is 1. The van der Waals surface area contributed by atoms with E-state index >= 15 is 0 Å². The van der Waals surface area contributed by atoms with Crippen molar-refractivity contribution in [2.75, 3.05) is 13.7 Å². The number of benzene rings is 2. The van der Waals surface area contributed by atoms with Crippen LogP contribution in [0.2, 0.25) is 0 Å². The molecule has 0 radical (unpaired) electrons. The Kier molecular flexibility index (Phi) is 11.5. The van der Waals surface area contributed by atoms with Gasteiger partial charge in [-0.1, -0.05) is 38.1 Å². The van der Waals surface area contributed by atoms with Gasteiger partial charge in [-0.25, -0.2) is 0 Å². The number of phenolic OH excluding ortho intramolecular Hbond substituents is 1. The first kappa shape index (κ1) is 27.2. The summed E-state index contributed by atoms with van der Waals surface area (Å²) in [5, 5.41) is 9.61. The monoisotopic (exact) mass is 444 g/mol. The van der Waals surface area contributed by atoms with E-state index in [0.717, 1.165) is 16.9 Å².